The average molecular weight is 182 g/mol. The minimum absolute atomic E-state index is 0. The van der Waals surface area contributed by atoms with Gasteiger partial charge in [-0.2, -0.15) is 9.90 Å². The molecule has 0 spiro atoms. The van der Waals surface area contributed by atoms with E-state index in [1.165, 1.54) is 0 Å². The number of hydrogen-bond donors (Lipinski definition) is 0. The first-order valence-electron chi connectivity index (χ1n) is 0. The summed E-state index contributed by atoms with van der Waals surface area (Å²) in [4.78, 5) is 0. The second-order valence-corrected chi connectivity index (χ2v) is 0. The van der Waals surface area contributed by atoms with Gasteiger partial charge in [0.25, 0.3) is 0 Å². The fourth-order valence-corrected chi connectivity index (χ4v) is 0. The van der Waals surface area contributed by atoms with Crippen LogP contribution in [0.3, 0.4) is 0 Å². The summed E-state index contributed by atoms with van der Waals surface area (Å²) >= 11 is 0. The summed E-state index contributed by atoms with van der Waals surface area (Å²) in [5.41, 5.74) is 0. The Kier molecular flexibility index (Phi) is 433. The van der Waals surface area contributed by atoms with Crippen molar-refractivity contribution in [2.75, 3.05) is 0 Å². The van der Waals surface area contributed by atoms with Crippen molar-refractivity contribution in [3.63, 3.8) is 0 Å². The molecule has 0 fully saturated rings. The Labute approximate surface area is 48.0 Å². The van der Waals surface area contributed by atoms with Crippen molar-refractivity contribution >= 4 is 42.2 Å². The fourth-order valence-electron chi connectivity index (χ4n) is 0. The van der Waals surface area contributed by atoms with Crippen LogP contribution in [0.5, 0.6) is 0 Å². The zero-order valence-corrected chi connectivity index (χ0v) is 6.55. The van der Waals surface area contributed by atoms with Gasteiger partial charge in [0.15, 0.2) is 0 Å². The quantitative estimate of drug-likeness (QED) is 0.321. The summed E-state index contributed by atoms with van der Waals surface area (Å²) in [6.07, 6.45) is 0. The molecule has 7 radical (unpaired) electrons. The van der Waals surface area contributed by atoms with Crippen LogP contribution < -0.4 is 0 Å². The van der Waals surface area contributed by atoms with E-state index in [-0.39, 0.29) is 47.7 Å². The first-order chi connectivity index (χ1) is 0. The van der Waals surface area contributed by atoms with Crippen molar-refractivity contribution in [2.45, 2.75) is 0 Å². The molecular formula is H5BOPSn. The van der Waals surface area contributed by atoms with E-state index in [9.17, 15) is 0 Å². The zero-order valence-electron chi connectivity index (χ0n) is 2.28. The Hall–Kier alpha value is 1.25. The van der Waals surface area contributed by atoms with Crippen LogP contribution in [0.1, 0.15) is 0 Å². The van der Waals surface area contributed by atoms with Crippen LogP contribution in [0.25, 0.3) is 0 Å². The molecule has 4 heteroatoms. The summed E-state index contributed by atoms with van der Waals surface area (Å²) in [5, 5.41) is 0. The van der Waals surface area contributed by atoms with Gasteiger partial charge in [0.2, 0.25) is 0 Å². The number of rotatable bonds is 0. The van der Waals surface area contributed by atoms with Crippen LogP contribution in [0.15, 0.2) is 0 Å². The van der Waals surface area contributed by atoms with E-state index >= 15 is 0 Å². The molecule has 0 aromatic heterocycles. The van der Waals surface area contributed by atoms with E-state index in [1.807, 2.05) is 0 Å². The van der Waals surface area contributed by atoms with Crippen molar-refractivity contribution in [2.24, 2.45) is 0 Å². The smallest absolute Gasteiger partial charge is 0 e. The molecule has 0 aliphatic heterocycles. The minimum atomic E-state index is 0. The van der Waals surface area contributed by atoms with Crippen LogP contribution in [-0.2, 0) is 0 Å². The van der Waals surface area contributed by atoms with Crippen LogP contribution in [-0.4, -0.2) is 37.8 Å². The second-order valence-electron chi connectivity index (χ2n) is 0. The molecule has 0 aromatic rings. The van der Waals surface area contributed by atoms with Crippen LogP contribution in [0, 0.1) is 0 Å². The molecule has 0 saturated carbocycles. The first kappa shape index (κ1) is 60.5. The molecule has 0 heterocycles. The Balaban J connectivity index is 0. The third-order valence-electron chi connectivity index (χ3n) is 0. The molecular weight excluding hydrogens is 176 g/mol. The van der Waals surface area contributed by atoms with Crippen molar-refractivity contribution in [1.29, 1.82) is 0 Å². The van der Waals surface area contributed by atoms with E-state index < -0.39 is 0 Å². The molecule has 0 aliphatic carbocycles. The van der Waals surface area contributed by atoms with Crippen molar-refractivity contribution < 1.29 is 5.48 Å². The largest absolute Gasteiger partial charge is 0.412 e. The van der Waals surface area contributed by atoms with E-state index in [1.54, 1.807) is 0 Å². The predicted octanol–water partition coefficient (Wildman–Crippen LogP) is -1.53. The third-order valence-corrected chi connectivity index (χ3v) is 0. The first-order valence-corrected chi connectivity index (χ1v) is 0. The molecule has 1 nitrogen and oxygen atoms in total. The van der Waals surface area contributed by atoms with Crippen LogP contribution in [0.2, 0.25) is 0 Å². The molecule has 0 saturated heterocycles. The van der Waals surface area contributed by atoms with E-state index in [4.69, 9.17) is 0 Å². The molecule has 1 atom stereocenters. The summed E-state index contributed by atoms with van der Waals surface area (Å²) in [7, 11) is 0. The van der Waals surface area contributed by atoms with Crippen molar-refractivity contribution in [3.8, 4) is 0 Å². The maximum atomic E-state index is 0. The van der Waals surface area contributed by atoms with Crippen LogP contribution in [0.4, 0.5) is 0 Å². The van der Waals surface area contributed by atoms with Gasteiger partial charge in [-0.05, 0) is 0 Å². The van der Waals surface area contributed by atoms with Gasteiger partial charge in [0, 0.05) is 32.3 Å². The van der Waals surface area contributed by atoms with Gasteiger partial charge in [-0.15, -0.1) is 0 Å². The van der Waals surface area contributed by atoms with E-state index in [0.717, 1.165) is 0 Å². The molecule has 0 rings (SSSR count). The molecule has 0 bridgehead atoms. The molecule has 2 N–H and O–H groups in total. The minimum Gasteiger partial charge on any atom is -0.412 e. The molecule has 1 unspecified atom stereocenters. The zero-order chi connectivity index (χ0) is 0. The number of hydrogen-bond acceptors (Lipinski definition) is 0. The van der Waals surface area contributed by atoms with E-state index in [0.29, 0.717) is 0 Å². The summed E-state index contributed by atoms with van der Waals surface area (Å²) in [6, 6.07) is 0. The SMILES string of the molecule is O.P.[B].[Sn]. The van der Waals surface area contributed by atoms with Crippen molar-refractivity contribution in [3.05, 3.63) is 0 Å². The molecule has 0 amide bonds. The monoisotopic (exact) mass is 183 g/mol. The maximum absolute atomic E-state index is 0. The topological polar surface area (TPSA) is 31.5 Å². The normalized spacial score (nSPS) is 0. The Morgan fingerprint density at radius 3 is 1.00 bits per heavy atom. The Bertz CT molecular complexity index is 8.00. The third kappa shape index (κ3) is 10.5. The van der Waals surface area contributed by atoms with Gasteiger partial charge in [-0.1, -0.05) is 0 Å². The van der Waals surface area contributed by atoms with Gasteiger partial charge >= 0.3 is 0 Å². The molecule has 23 valence electrons. The molecule has 0 aliphatic rings. The molecule has 4 heavy (non-hydrogen) atoms. The fraction of sp³-hybridized carbons (Fsp3) is 0. The van der Waals surface area contributed by atoms with Gasteiger partial charge in [-0.3, -0.25) is 0 Å². The Morgan fingerprint density at radius 2 is 1.00 bits per heavy atom. The summed E-state index contributed by atoms with van der Waals surface area (Å²) in [6.45, 7) is 0. The van der Waals surface area contributed by atoms with E-state index in [2.05, 4.69) is 0 Å². The predicted molar refractivity (Wildman–Crippen MR) is 26.2 cm³/mol. The van der Waals surface area contributed by atoms with Crippen molar-refractivity contribution in [1.82, 2.24) is 0 Å². The van der Waals surface area contributed by atoms with Gasteiger partial charge in [-0.25, -0.2) is 0 Å². The Morgan fingerprint density at radius 1 is 1.00 bits per heavy atom. The van der Waals surface area contributed by atoms with Gasteiger partial charge < -0.3 is 5.48 Å². The van der Waals surface area contributed by atoms with Gasteiger partial charge in [0.05, 0.1) is 0 Å². The summed E-state index contributed by atoms with van der Waals surface area (Å²) < 4.78 is 0. The maximum Gasteiger partial charge on any atom is 0 e. The molecule has 0 aromatic carbocycles. The average Bonchev–Trinajstić information content (AvgIpc) is 0. The standard InChI is InChI=1S/B.H2O.H3P.Sn/h;1H2;1H3;. The van der Waals surface area contributed by atoms with Gasteiger partial charge in [0.1, 0.15) is 0 Å². The second kappa shape index (κ2) is 28.7. The van der Waals surface area contributed by atoms with Crippen LogP contribution >= 0.6 is 9.90 Å². The summed E-state index contributed by atoms with van der Waals surface area (Å²) in [5.74, 6) is 0.